The number of rotatable bonds is 7. The van der Waals surface area contributed by atoms with Gasteiger partial charge >= 0.3 is 12.1 Å². The zero-order valence-electron chi connectivity index (χ0n) is 13.8. The van der Waals surface area contributed by atoms with Crippen LogP contribution in [0.3, 0.4) is 0 Å². The van der Waals surface area contributed by atoms with Gasteiger partial charge in [-0.05, 0) is 24.3 Å². The Labute approximate surface area is 146 Å². The molecule has 0 bridgehead atoms. The first-order chi connectivity index (χ1) is 12.1. The molecule has 0 fully saturated rings. The van der Waals surface area contributed by atoms with Gasteiger partial charge in [-0.15, -0.1) is 6.58 Å². The van der Waals surface area contributed by atoms with Crippen LogP contribution in [0.1, 0.15) is 16.1 Å². The summed E-state index contributed by atoms with van der Waals surface area (Å²) in [6.45, 7) is 3.28. The van der Waals surface area contributed by atoms with E-state index in [1.54, 1.807) is 0 Å². The second kappa shape index (κ2) is 7.61. The Balaban J connectivity index is 2.27. The summed E-state index contributed by atoms with van der Waals surface area (Å²) >= 11 is 0. The van der Waals surface area contributed by atoms with Crippen molar-refractivity contribution < 1.29 is 32.6 Å². The van der Waals surface area contributed by atoms with Gasteiger partial charge in [0.15, 0.2) is 6.04 Å². The molecule has 26 heavy (non-hydrogen) atoms. The predicted octanol–water partition coefficient (Wildman–Crippen LogP) is 2.58. The van der Waals surface area contributed by atoms with Crippen molar-refractivity contribution in [2.45, 2.75) is 12.2 Å². The minimum absolute atomic E-state index is 0.0364. The van der Waals surface area contributed by atoms with E-state index < -0.39 is 29.7 Å². The quantitative estimate of drug-likeness (QED) is 0.580. The van der Waals surface area contributed by atoms with Gasteiger partial charge in [0, 0.05) is 18.0 Å². The monoisotopic (exact) mass is 370 g/mol. The summed E-state index contributed by atoms with van der Waals surface area (Å²) in [4.78, 5) is 23.6. The Morgan fingerprint density at radius 2 is 2.08 bits per heavy atom. The number of ether oxygens (including phenoxy) is 1. The van der Waals surface area contributed by atoms with E-state index in [-0.39, 0.29) is 24.3 Å². The van der Waals surface area contributed by atoms with Gasteiger partial charge in [0.1, 0.15) is 5.69 Å². The Kier molecular flexibility index (Phi) is 5.71. The Morgan fingerprint density at radius 3 is 2.65 bits per heavy atom. The number of aryl methyl sites for hydroxylation is 1. The average molecular weight is 370 g/mol. The molecule has 0 spiro atoms. The highest BCUT2D eigenvalue weighted by Crippen LogP contribution is 2.32. The first-order valence-corrected chi connectivity index (χ1v) is 7.54. The number of halogens is 3. The van der Waals surface area contributed by atoms with Gasteiger partial charge in [-0.3, -0.25) is 4.79 Å². The lowest BCUT2D eigenvalue weighted by Crippen LogP contribution is -2.44. The van der Waals surface area contributed by atoms with E-state index in [4.69, 9.17) is 9.84 Å². The number of alkyl halides is 3. The highest BCUT2D eigenvalue weighted by atomic mass is 19.4. The fourth-order valence-electron chi connectivity index (χ4n) is 2.42. The molecule has 1 heterocycles. The number of carboxylic acid groups (broad SMARTS) is 1. The number of aliphatic carboxylic acids is 1. The molecule has 1 aromatic carbocycles. The van der Waals surface area contributed by atoms with Gasteiger partial charge in [-0.25, -0.2) is 4.79 Å². The van der Waals surface area contributed by atoms with E-state index in [1.807, 2.05) is 0 Å². The highest BCUT2D eigenvalue weighted by Gasteiger charge is 2.31. The van der Waals surface area contributed by atoms with Crippen LogP contribution in [0.2, 0.25) is 0 Å². The van der Waals surface area contributed by atoms with Crippen molar-refractivity contribution in [3.05, 3.63) is 48.2 Å². The largest absolute Gasteiger partial charge is 0.480 e. The van der Waals surface area contributed by atoms with Crippen LogP contribution in [0.25, 0.3) is 10.9 Å². The van der Waals surface area contributed by atoms with E-state index in [0.717, 1.165) is 12.1 Å². The Morgan fingerprint density at radius 1 is 1.38 bits per heavy atom. The molecule has 2 N–H and O–H groups in total. The van der Waals surface area contributed by atoms with Crippen molar-refractivity contribution in [1.29, 1.82) is 0 Å². The zero-order chi connectivity index (χ0) is 19.5. The minimum Gasteiger partial charge on any atom is -0.480 e. The predicted molar refractivity (Wildman–Crippen MR) is 87.8 cm³/mol. The number of hydrogen-bond acceptors (Lipinski definition) is 3. The summed E-state index contributed by atoms with van der Waals surface area (Å²) in [7, 11) is 1.51. The number of nitrogens with one attached hydrogen (secondary N) is 1. The molecule has 0 aliphatic carbocycles. The van der Waals surface area contributed by atoms with Gasteiger partial charge in [0.05, 0.1) is 18.8 Å². The van der Waals surface area contributed by atoms with Crippen LogP contribution in [-0.4, -0.2) is 40.8 Å². The minimum atomic E-state index is -4.50. The third kappa shape index (κ3) is 4.23. The third-order valence-corrected chi connectivity index (χ3v) is 3.73. The normalized spacial score (nSPS) is 12.8. The number of hydrogen-bond donors (Lipinski definition) is 2. The van der Waals surface area contributed by atoms with Gasteiger partial charge < -0.3 is 19.7 Å². The van der Waals surface area contributed by atoms with Crippen molar-refractivity contribution >= 4 is 22.8 Å². The highest BCUT2D eigenvalue weighted by molar-refractivity contribution is 6.00. The average Bonchev–Trinajstić information content (AvgIpc) is 2.89. The van der Waals surface area contributed by atoms with Crippen LogP contribution in [0.15, 0.2) is 36.9 Å². The fourth-order valence-corrected chi connectivity index (χ4v) is 2.42. The molecule has 2 aromatic rings. The molecule has 6 nitrogen and oxygen atoms in total. The van der Waals surface area contributed by atoms with Crippen molar-refractivity contribution in [1.82, 2.24) is 9.88 Å². The molecule has 0 aliphatic heterocycles. The summed E-state index contributed by atoms with van der Waals surface area (Å²) in [6, 6.07) is 3.10. The second-order valence-electron chi connectivity index (χ2n) is 5.55. The molecule has 2 rings (SSSR count). The lowest BCUT2D eigenvalue weighted by Gasteiger charge is -2.14. The summed E-state index contributed by atoms with van der Waals surface area (Å²) in [5.74, 6) is -2.02. The van der Waals surface area contributed by atoms with E-state index in [2.05, 4.69) is 11.9 Å². The van der Waals surface area contributed by atoms with E-state index in [0.29, 0.717) is 5.52 Å². The Hall–Kier alpha value is -2.81. The summed E-state index contributed by atoms with van der Waals surface area (Å²) in [5, 5.41) is 11.7. The zero-order valence-corrected chi connectivity index (χ0v) is 13.8. The van der Waals surface area contributed by atoms with Gasteiger partial charge in [-0.2, -0.15) is 13.2 Å². The molecule has 0 aliphatic rings. The molecule has 1 aromatic heterocycles. The van der Waals surface area contributed by atoms with E-state index in [1.165, 1.54) is 29.8 Å². The maximum absolute atomic E-state index is 12.8. The van der Waals surface area contributed by atoms with Crippen LogP contribution in [-0.2, 0) is 22.8 Å². The molecule has 9 heteroatoms. The molecule has 0 saturated carbocycles. The molecule has 1 atom stereocenters. The van der Waals surface area contributed by atoms with Crippen LogP contribution < -0.4 is 5.32 Å². The molecular formula is C17H17F3N2O4. The van der Waals surface area contributed by atoms with Gasteiger partial charge in [-0.1, -0.05) is 6.08 Å². The number of carbonyl (C=O) groups is 2. The topological polar surface area (TPSA) is 80.6 Å². The first-order valence-electron chi connectivity index (χ1n) is 7.54. The lowest BCUT2D eigenvalue weighted by molar-refractivity contribution is -0.140. The summed E-state index contributed by atoms with van der Waals surface area (Å²) in [6.07, 6.45) is -3.06. The van der Waals surface area contributed by atoms with Crippen molar-refractivity contribution in [3.8, 4) is 0 Å². The SMILES string of the molecule is C=CCOCC(NC(=O)c1cc2cc(C(F)(F)F)ccc2n1C)C(=O)O. The number of benzene rings is 1. The Bertz CT molecular complexity index is 842. The molecule has 1 unspecified atom stereocenters. The van der Waals surface area contributed by atoms with Crippen molar-refractivity contribution in [3.63, 3.8) is 0 Å². The van der Waals surface area contributed by atoms with Gasteiger partial charge in [0.25, 0.3) is 5.91 Å². The molecule has 0 radical (unpaired) electrons. The molecule has 1 amide bonds. The summed E-state index contributed by atoms with van der Waals surface area (Å²) < 4.78 is 44.9. The van der Waals surface area contributed by atoms with Crippen LogP contribution in [0.5, 0.6) is 0 Å². The number of amides is 1. The number of aromatic nitrogens is 1. The van der Waals surface area contributed by atoms with Crippen molar-refractivity contribution in [2.24, 2.45) is 7.05 Å². The maximum Gasteiger partial charge on any atom is 0.416 e. The fraction of sp³-hybridized carbons (Fsp3) is 0.294. The number of carboxylic acids is 1. The molecule has 0 saturated heterocycles. The van der Waals surface area contributed by atoms with Crippen LogP contribution in [0, 0.1) is 0 Å². The van der Waals surface area contributed by atoms with E-state index >= 15 is 0 Å². The van der Waals surface area contributed by atoms with Gasteiger partial charge in [0.2, 0.25) is 0 Å². The first kappa shape index (κ1) is 19.5. The standard InChI is InChI=1S/C17H17F3N2O4/c1-3-6-26-9-12(16(24)25)21-15(23)14-8-10-7-11(17(18,19)20)4-5-13(10)22(14)2/h3-5,7-8,12H,1,6,9H2,2H3,(H,21,23)(H,24,25). The van der Waals surface area contributed by atoms with Crippen LogP contribution >= 0.6 is 0 Å². The third-order valence-electron chi connectivity index (χ3n) is 3.73. The van der Waals surface area contributed by atoms with Crippen LogP contribution in [0.4, 0.5) is 13.2 Å². The summed E-state index contributed by atoms with van der Waals surface area (Å²) in [5.41, 5.74) is -0.379. The number of carbonyl (C=O) groups excluding carboxylic acids is 1. The maximum atomic E-state index is 12.8. The number of fused-ring (bicyclic) bond motifs is 1. The second-order valence-corrected chi connectivity index (χ2v) is 5.55. The molecule has 140 valence electrons. The lowest BCUT2D eigenvalue weighted by atomic mass is 10.1. The molecular weight excluding hydrogens is 353 g/mol. The van der Waals surface area contributed by atoms with Crippen molar-refractivity contribution in [2.75, 3.05) is 13.2 Å². The smallest absolute Gasteiger partial charge is 0.416 e. The number of nitrogens with zero attached hydrogens (tertiary/aromatic N) is 1. The van der Waals surface area contributed by atoms with E-state index in [9.17, 15) is 22.8 Å².